The number of carbonyl (C=O) groups is 1. The van der Waals surface area contributed by atoms with Crippen molar-refractivity contribution in [3.63, 3.8) is 0 Å². The van der Waals surface area contributed by atoms with Gasteiger partial charge in [-0.2, -0.15) is 0 Å². The Kier molecular flexibility index (Phi) is 4.86. The Bertz CT molecular complexity index is 507. The molecule has 5 nitrogen and oxygen atoms in total. The summed E-state index contributed by atoms with van der Waals surface area (Å²) in [5.74, 6) is -0.211. The maximum absolute atomic E-state index is 11.3. The summed E-state index contributed by atoms with van der Waals surface area (Å²) >= 11 is 0. The van der Waals surface area contributed by atoms with Gasteiger partial charge in [-0.05, 0) is 24.6 Å². The standard InChI is InChI=1S/C12H17NO4S/c1-9(13-12(14)8-17-2)10-4-6-11(7-5-10)18(3,15)16/h4-7,9H,8H2,1-3H3,(H,13,14). The van der Waals surface area contributed by atoms with Gasteiger partial charge < -0.3 is 10.1 Å². The normalized spacial score (nSPS) is 13.1. The van der Waals surface area contributed by atoms with Gasteiger partial charge in [0, 0.05) is 13.4 Å². The Morgan fingerprint density at radius 2 is 1.89 bits per heavy atom. The molecule has 18 heavy (non-hydrogen) atoms. The average Bonchev–Trinajstić information content (AvgIpc) is 2.28. The van der Waals surface area contributed by atoms with Gasteiger partial charge in [0.15, 0.2) is 9.84 Å². The van der Waals surface area contributed by atoms with Crippen molar-refractivity contribution in [1.29, 1.82) is 0 Å². The van der Waals surface area contributed by atoms with Crippen molar-refractivity contribution in [3.8, 4) is 0 Å². The summed E-state index contributed by atoms with van der Waals surface area (Å²) in [7, 11) is -1.73. The first-order valence-corrected chi connectivity index (χ1v) is 7.32. The van der Waals surface area contributed by atoms with E-state index in [-0.39, 0.29) is 23.5 Å². The Hall–Kier alpha value is -1.40. The SMILES string of the molecule is COCC(=O)NC(C)c1ccc(S(C)(=O)=O)cc1. The van der Waals surface area contributed by atoms with E-state index < -0.39 is 9.84 Å². The fraction of sp³-hybridized carbons (Fsp3) is 0.417. The molecule has 1 rings (SSSR count). The number of hydrogen-bond donors (Lipinski definition) is 1. The highest BCUT2D eigenvalue weighted by molar-refractivity contribution is 7.90. The van der Waals surface area contributed by atoms with Crippen LogP contribution >= 0.6 is 0 Å². The predicted molar refractivity (Wildman–Crippen MR) is 68.0 cm³/mol. The van der Waals surface area contributed by atoms with Crippen LogP contribution in [0.4, 0.5) is 0 Å². The van der Waals surface area contributed by atoms with Gasteiger partial charge in [0.1, 0.15) is 6.61 Å². The Balaban J connectivity index is 2.76. The van der Waals surface area contributed by atoms with Crippen LogP contribution in [-0.2, 0) is 19.4 Å². The summed E-state index contributed by atoms with van der Waals surface area (Å²) in [6, 6.07) is 6.25. The number of ether oxygens (including phenoxy) is 1. The Morgan fingerprint density at radius 3 is 2.33 bits per heavy atom. The zero-order valence-electron chi connectivity index (χ0n) is 10.6. The minimum atomic E-state index is -3.18. The second-order valence-electron chi connectivity index (χ2n) is 4.06. The Labute approximate surface area is 107 Å². The summed E-state index contributed by atoms with van der Waals surface area (Å²) in [6.45, 7) is 1.83. The van der Waals surface area contributed by atoms with Crippen LogP contribution in [0.15, 0.2) is 29.2 Å². The van der Waals surface area contributed by atoms with Gasteiger partial charge in [0.05, 0.1) is 10.9 Å². The van der Waals surface area contributed by atoms with E-state index in [0.29, 0.717) is 0 Å². The van der Waals surface area contributed by atoms with Gasteiger partial charge in [-0.3, -0.25) is 4.79 Å². The van der Waals surface area contributed by atoms with Gasteiger partial charge in [-0.15, -0.1) is 0 Å². The number of methoxy groups -OCH3 is 1. The lowest BCUT2D eigenvalue weighted by Gasteiger charge is -2.14. The van der Waals surface area contributed by atoms with Crippen LogP contribution in [-0.4, -0.2) is 34.3 Å². The molecule has 0 aliphatic rings. The van der Waals surface area contributed by atoms with E-state index in [1.54, 1.807) is 12.1 Å². The minimum Gasteiger partial charge on any atom is -0.375 e. The summed E-state index contributed by atoms with van der Waals surface area (Å²) in [6.07, 6.45) is 1.16. The van der Waals surface area contributed by atoms with Crippen molar-refractivity contribution < 1.29 is 17.9 Å². The van der Waals surface area contributed by atoms with E-state index in [4.69, 9.17) is 4.74 Å². The van der Waals surface area contributed by atoms with E-state index in [9.17, 15) is 13.2 Å². The Morgan fingerprint density at radius 1 is 1.33 bits per heavy atom. The van der Waals surface area contributed by atoms with Crippen molar-refractivity contribution >= 4 is 15.7 Å². The van der Waals surface area contributed by atoms with Gasteiger partial charge in [-0.25, -0.2) is 8.42 Å². The maximum Gasteiger partial charge on any atom is 0.246 e. The molecular weight excluding hydrogens is 254 g/mol. The van der Waals surface area contributed by atoms with Gasteiger partial charge in [0.25, 0.3) is 0 Å². The van der Waals surface area contributed by atoms with Crippen LogP contribution < -0.4 is 5.32 Å². The predicted octanol–water partition coefficient (Wildman–Crippen LogP) is 0.914. The molecule has 1 N–H and O–H groups in total. The molecule has 0 bridgehead atoms. The van der Waals surface area contributed by atoms with Crippen LogP contribution in [0.5, 0.6) is 0 Å². The highest BCUT2D eigenvalue weighted by Gasteiger charge is 2.11. The van der Waals surface area contributed by atoms with Crippen molar-refractivity contribution in [1.82, 2.24) is 5.32 Å². The fourth-order valence-electron chi connectivity index (χ4n) is 1.50. The quantitative estimate of drug-likeness (QED) is 0.864. The van der Waals surface area contributed by atoms with E-state index in [2.05, 4.69) is 5.32 Å². The molecule has 1 atom stereocenters. The molecule has 100 valence electrons. The van der Waals surface area contributed by atoms with Gasteiger partial charge in [0.2, 0.25) is 5.91 Å². The largest absolute Gasteiger partial charge is 0.375 e. The lowest BCUT2D eigenvalue weighted by Crippen LogP contribution is -2.29. The molecule has 0 heterocycles. The zero-order chi connectivity index (χ0) is 13.8. The monoisotopic (exact) mass is 271 g/mol. The smallest absolute Gasteiger partial charge is 0.246 e. The van der Waals surface area contributed by atoms with E-state index >= 15 is 0 Å². The number of hydrogen-bond acceptors (Lipinski definition) is 4. The molecule has 1 aromatic carbocycles. The van der Waals surface area contributed by atoms with E-state index in [1.165, 1.54) is 19.2 Å². The van der Waals surface area contributed by atoms with Crippen LogP contribution in [0.1, 0.15) is 18.5 Å². The number of nitrogens with one attached hydrogen (secondary N) is 1. The third-order valence-corrected chi connectivity index (χ3v) is 3.59. The number of amides is 1. The van der Waals surface area contributed by atoms with Gasteiger partial charge >= 0.3 is 0 Å². The van der Waals surface area contributed by atoms with Crippen LogP contribution in [0, 0.1) is 0 Å². The second kappa shape index (κ2) is 5.97. The van der Waals surface area contributed by atoms with Crippen LogP contribution in [0.3, 0.4) is 0 Å². The summed E-state index contributed by atoms with van der Waals surface area (Å²) < 4.78 is 27.3. The molecule has 0 saturated carbocycles. The van der Waals surface area contributed by atoms with Crippen molar-refractivity contribution in [2.24, 2.45) is 0 Å². The molecule has 0 saturated heterocycles. The molecule has 0 aliphatic heterocycles. The first kappa shape index (κ1) is 14.7. The molecule has 1 unspecified atom stereocenters. The summed E-state index contributed by atoms with van der Waals surface area (Å²) in [4.78, 5) is 11.6. The minimum absolute atomic E-state index is 0.00572. The van der Waals surface area contributed by atoms with Gasteiger partial charge in [-0.1, -0.05) is 12.1 Å². The molecule has 0 aliphatic carbocycles. The average molecular weight is 271 g/mol. The lowest BCUT2D eigenvalue weighted by molar-refractivity contribution is -0.125. The number of sulfone groups is 1. The second-order valence-corrected chi connectivity index (χ2v) is 6.08. The number of carbonyl (C=O) groups excluding carboxylic acids is 1. The lowest BCUT2D eigenvalue weighted by atomic mass is 10.1. The zero-order valence-corrected chi connectivity index (χ0v) is 11.5. The molecule has 1 amide bonds. The molecule has 0 fully saturated rings. The molecule has 0 spiro atoms. The maximum atomic E-state index is 11.3. The third-order valence-electron chi connectivity index (χ3n) is 2.46. The van der Waals surface area contributed by atoms with Crippen LogP contribution in [0.25, 0.3) is 0 Å². The first-order chi connectivity index (χ1) is 8.34. The highest BCUT2D eigenvalue weighted by atomic mass is 32.2. The molecule has 1 aromatic rings. The van der Waals surface area contributed by atoms with E-state index in [0.717, 1.165) is 11.8 Å². The number of rotatable bonds is 5. The molecular formula is C12H17NO4S. The van der Waals surface area contributed by atoms with Crippen molar-refractivity contribution in [2.45, 2.75) is 17.9 Å². The fourth-order valence-corrected chi connectivity index (χ4v) is 2.13. The van der Waals surface area contributed by atoms with Crippen LogP contribution in [0.2, 0.25) is 0 Å². The third kappa shape index (κ3) is 4.12. The molecule has 0 radical (unpaired) electrons. The topological polar surface area (TPSA) is 72.5 Å². The summed E-state index contributed by atoms with van der Waals surface area (Å²) in [5.41, 5.74) is 0.840. The van der Waals surface area contributed by atoms with Crippen molar-refractivity contribution in [3.05, 3.63) is 29.8 Å². The summed E-state index contributed by atoms with van der Waals surface area (Å²) in [5, 5.41) is 2.74. The number of benzene rings is 1. The highest BCUT2D eigenvalue weighted by Crippen LogP contribution is 2.16. The van der Waals surface area contributed by atoms with E-state index in [1.807, 2.05) is 6.92 Å². The van der Waals surface area contributed by atoms with Crippen molar-refractivity contribution in [2.75, 3.05) is 20.0 Å². The molecule has 6 heteroatoms. The first-order valence-electron chi connectivity index (χ1n) is 5.43. The molecule has 0 aromatic heterocycles.